The van der Waals surface area contributed by atoms with Gasteiger partial charge in [0.25, 0.3) is 0 Å². The van der Waals surface area contributed by atoms with Crippen LogP contribution in [0.25, 0.3) is 0 Å². The molecule has 0 aromatic carbocycles. The number of anilines is 1. The highest BCUT2D eigenvalue weighted by Crippen LogP contribution is 2.24. The quantitative estimate of drug-likeness (QED) is 0.789. The van der Waals surface area contributed by atoms with E-state index in [1.54, 1.807) is 18.4 Å². The molecule has 1 aromatic heterocycles. The number of nitrogens with zero attached hydrogens (tertiary/aromatic N) is 2. The number of nitrogens with one attached hydrogen (secondary N) is 1. The van der Waals surface area contributed by atoms with Gasteiger partial charge >= 0.3 is 0 Å². The summed E-state index contributed by atoms with van der Waals surface area (Å²) in [7, 11) is 3.80. The van der Waals surface area contributed by atoms with Gasteiger partial charge in [-0.2, -0.15) is 0 Å². The number of rotatable bonds is 8. The van der Waals surface area contributed by atoms with Crippen LogP contribution in [0.3, 0.4) is 0 Å². The molecule has 0 radical (unpaired) electrons. The van der Waals surface area contributed by atoms with Crippen molar-refractivity contribution >= 4 is 16.5 Å². The van der Waals surface area contributed by atoms with Gasteiger partial charge in [-0.05, 0) is 26.8 Å². The Labute approximate surface area is 114 Å². The normalized spacial score (nSPS) is 14.5. The first kappa shape index (κ1) is 15.4. The van der Waals surface area contributed by atoms with Crippen LogP contribution in [0.2, 0.25) is 0 Å². The molecule has 0 aliphatic carbocycles. The summed E-state index contributed by atoms with van der Waals surface area (Å²) in [5, 5.41) is 6.65. The molecule has 0 bridgehead atoms. The van der Waals surface area contributed by atoms with Gasteiger partial charge in [0.1, 0.15) is 0 Å². The number of hydrogen-bond donors (Lipinski definition) is 1. The Hall–Kier alpha value is -0.650. The Balaban J connectivity index is 2.61. The van der Waals surface area contributed by atoms with E-state index in [1.807, 2.05) is 0 Å². The minimum Gasteiger partial charge on any atom is -0.383 e. The van der Waals surface area contributed by atoms with Crippen molar-refractivity contribution in [3.05, 3.63) is 11.1 Å². The van der Waals surface area contributed by atoms with Crippen LogP contribution in [-0.4, -0.2) is 38.3 Å². The zero-order valence-electron chi connectivity index (χ0n) is 12.1. The SMILES string of the molecule is CCCNC(C)c1csc(N(C)C(C)COC)n1. The molecule has 0 aliphatic heterocycles. The van der Waals surface area contributed by atoms with Gasteiger partial charge in [-0.15, -0.1) is 11.3 Å². The van der Waals surface area contributed by atoms with Crippen LogP contribution in [-0.2, 0) is 4.74 Å². The molecule has 1 rings (SSSR count). The van der Waals surface area contributed by atoms with E-state index < -0.39 is 0 Å². The van der Waals surface area contributed by atoms with Crippen molar-refractivity contribution in [3.8, 4) is 0 Å². The molecule has 0 saturated carbocycles. The average molecular weight is 271 g/mol. The minimum atomic E-state index is 0.320. The molecule has 0 fully saturated rings. The van der Waals surface area contributed by atoms with Gasteiger partial charge in [0.2, 0.25) is 0 Å². The van der Waals surface area contributed by atoms with Crippen molar-refractivity contribution in [2.75, 3.05) is 32.2 Å². The lowest BCUT2D eigenvalue weighted by Gasteiger charge is -2.23. The molecule has 1 N–H and O–H groups in total. The molecular formula is C13H25N3OS. The Morgan fingerprint density at radius 3 is 2.83 bits per heavy atom. The standard InChI is InChI=1S/C13H25N3OS/c1-6-7-14-11(3)12-9-18-13(15-12)16(4)10(2)8-17-5/h9-11,14H,6-8H2,1-5H3. The first-order valence-electron chi connectivity index (χ1n) is 6.50. The summed E-state index contributed by atoms with van der Waals surface area (Å²) in [6.45, 7) is 8.22. The fourth-order valence-corrected chi connectivity index (χ4v) is 2.63. The Morgan fingerprint density at radius 2 is 2.22 bits per heavy atom. The molecule has 1 heterocycles. The van der Waals surface area contributed by atoms with Crippen LogP contribution in [0.4, 0.5) is 5.13 Å². The topological polar surface area (TPSA) is 37.4 Å². The highest BCUT2D eigenvalue weighted by atomic mass is 32.1. The summed E-state index contributed by atoms with van der Waals surface area (Å²) in [6, 6.07) is 0.661. The Morgan fingerprint density at radius 1 is 1.50 bits per heavy atom. The lowest BCUT2D eigenvalue weighted by atomic mass is 10.2. The summed E-state index contributed by atoms with van der Waals surface area (Å²) < 4.78 is 5.18. The largest absolute Gasteiger partial charge is 0.383 e. The van der Waals surface area contributed by atoms with Crippen molar-refractivity contribution in [1.29, 1.82) is 0 Å². The molecule has 5 heteroatoms. The molecule has 0 aliphatic rings. The van der Waals surface area contributed by atoms with Gasteiger partial charge in [-0.1, -0.05) is 6.92 Å². The van der Waals surface area contributed by atoms with E-state index in [0.29, 0.717) is 12.1 Å². The van der Waals surface area contributed by atoms with Gasteiger partial charge in [0.05, 0.1) is 18.3 Å². The second-order valence-corrected chi connectivity index (χ2v) is 5.48. The zero-order valence-corrected chi connectivity index (χ0v) is 12.9. The maximum Gasteiger partial charge on any atom is 0.185 e. The van der Waals surface area contributed by atoms with E-state index in [-0.39, 0.29) is 0 Å². The van der Waals surface area contributed by atoms with Crippen LogP contribution < -0.4 is 10.2 Å². The molecule has 0 saturated heterocycles. The average Bonchev–Trinajstić information content (AvgIpc) is 2.84. The summed E-state index contributed by atoms with van der Waals surface area (Å²) in [5.74, 6) is 0. The summed E-state index contributed by atoms with van der Waals surface area (Å²) in [4.78, 5) is 6.86. The molecule has 1 aromatic rings. The number of aromatic nitrogens is 1. The Kier molecular flexibility index (Phi) is 6.60. The van der Waals surface area contributed by atoms with Crippen LogP contribution in [0.1, 0.15) is 38.9 Å². The summed E-state index contributed by atoms with van der Waals surface area (Å²) >= 11 is 1.69. The number of methoxy groups -OCH3 is 1. The van der Waals surface area contributed by atoms with E-state index in [0.717, 1.165) is 30.4 Å². The summed E-state index contributed by atoms with van der Waals surface area (Å²) in [6.07, 6.45) is 1.14. The number of thiazole rings is 1. The lowest BCUT2D eigenvalue weighted by Crippen LogP contribution is -2.32. The minimum absolute atomic E-state index is 0.320. The molecule has 0 amide bonds. The van der Waals surface area contributed by atoms with Crippen molar-refractivity contribution < 1.29 is 4.74 Å². The number of ether oxygens (including phenoxy) is 1. The molecule has 104 valence electrons. The van der Waals surface area contributed by atoms with Gasteiger partial charge in [0, 0.05) is 25.6 Å². The van der Waals surface area contributed by atoms with Crippen LogP contribution in [0.15, 0.2) is 5.38 Å². The fraction of sp³-hybridized carbons (Fsp3) is 0.769. The van der Waals surface area contributed by atoms with Gasteiger partial charge in [0.15, 0.2) is 5.13 Å². The smallest absolute Gasteiger partial charge is 0.185 e. The maximum atomic E-state index is 5.18. The van der Waals surface area contributed by atoms with Crippen LogP contribution in [0, 0.1) is 0 Å². The first-order valence-corrected chi connectivity index (χ1v) is 7.38. The van der Waals surface area contributed by atoms with E-state index in [9.17, 15) is 0 Å². The Bertz CT molecular complexity index is 343. The molecule has 2 unspecified atom stereocenters. The number of hydrogen-bond acceptors (Lipinski definition) is 5. The summed E-state index contributed by atoms with van der Waals surface area (Å²) in [5.41, 5.74) is 1.12. The van der Waals surface area contributed by atoms with Crippen LogP contribution in [0.5, 0.6) is 0 Å². The van der Waals surface area contributed by atoms with E-state index in [1.165, 1.54) is 0 Å². The molecule has 18 heavy (non-hydrogen) atoms. The van der Waals surface area contributed by atoms with Crippen molar-refractivity contribution in [2.24, 2.45) is 0 Å². The third-order valence-electron chi connectivity index (χ3n) is 3.02. The number of likely N-dealkylation sites (N-methyl/N-ethyl adjacent to an activating group) is 1. The third-order valence-corrected chi connectivity index (χ3v) is 3.97. The van der Waals surface area contributed by atoms with Crippen molar-refractivity contribution in [3.63, 3.8) is 0 Å². The lowest BCUT2D eigenvalue weighted by molar-refractivity contribution is 0.183. The second-order valence-electron chi connectivity index (χ2n) is 4.65. The third kappa shape index (κ3) is 4.23. The van der Waals surface area contributed by atoms with Crippen molar-refractivity contribution in [1.82, 2.24) is 10.3 Å². The molecule has 4 nitrogen and oxygen atoms in total. The monoisotopic (exact) mass is 271 g/mol. The first-order chi connectivity index (χ1) is 8.60. The zero-order chi connectivity index (χ0) is 13.5. The van der Waals surface area contributed by atoms with E-state index in [2.05, 4.69) is 43.4 Å². The molecular weight excluding hydrogens is 246 g/mol. The van der Waals surface area contributed by atoms with Crippen LogP contribution >= 0.6 is 11.3 Å². The van der Waals surface area contributed by atoms with Crippen molar-refractivity contribution in [2.45, 2.75) is 39.3 Å². The van der Waals surface area contributed by atoms with Gasteiger partial charge in [-0.25, -0.2) is 4.98 Å². The highest BCUT2D eigenvalue weighted by molar-refractivity contribution is 7.13. The highest BCUT2D eigenvalue weighted by Gasteiger charge is 2.15. The predicted octanol–water partition coefficient (Wildman–Crippen LogP) is 2.67. The fourth-order valence-electron chi connectivity index (χ4n) is 1.64. The van der Waals surface area contributed by atoms with Gasteiger partial charge < -0.3 is 15.0 Å². The van der Waals surface area contributed by atoms with E-state index in [4.69, 9.17) is 9.72 Å². The maximum absolute atomic E-state index is 5.18. The predicted molar refractivity (Wildman–Crippen MR) is 78.6 cm³/mol. The molecule has 2 atom stereocenters. The molecule has 0 spiro atoms. The van der Waals surface area contributed by atoms with E-state index >= 15 is 0 Å². The second kappa shape index (κ2) is 7.71. The van der Waals surface area contributed by atoms with Gasteiger partial charge in [-0.3, -0.25) is 0 Å².